The molecule has 0 saturated carbocycles. The molecular formula is C11H12N2O4S3. The van der Waals surface area contributed by atoms with Crippen LogP contribution < -0.4 is 0 Å². The van der Waals surface area contributed by atoms with Gasteiger partial charge in [0.05, 0.1) is 10.6 Å². The first-order chi connectivity index (χ1) is 9.30. The van der Waals surface area contributed by atoms with Crippen LogP contribution in [0, 0.1) is 6.92 Å². The van der Waals surface area contributed by atoms with Gasteiger partial charge in [0.15, 0.2) is 0 Å². The van der Waals surface area contributed by atoms with Gasteiger partial charge in [-0.15, -0.1) is 22.7 Å². The predicted molar refractivity (Wildman–Crippen MR) is 76.8 cm³/mol. The maximum atomic E-state index is 12.3. The van der Waals surface area contributed by atoms with Crippen molar-refractivity contribution in [2.45, 2.75) is 17.7 Å². The lowest BCUT2D eigenvalue weighted by molar-refractivity contribution is 0.0697. The highest BCUT2D eigenvalue weighted by molar-refractivity contribution is 7.91. The quantitative estimate of drug-likeness (QED) is 0.905. The van der Waals surface area contributed by atoms with Crippen molar-refractivity contribution in [1.29, 1.82) is 0 Å². The van der Waals surface area contributed by atoms with Crippen LogP contribution in [-0.4, -0.2) is 35.8 Å². The molecule has 0 aliphatic rings. The van der Waals surface area contributed by atoms with Crippen LogP contribution in [0.2, 0.25) is 0 Å². The Balaban J connectivity index is 2.22. The molecule has 20 heavy (non-hydrogen) atoms. The lowest BCUT2D eigenvalue weighted by Gasteiger charge is -2.14. The maximum Gasteiger partial charge on any atom is 0.336 e. The molecule has 0 saturated heterocycles. The molecule has 0 atom stereocenters. The van der Waals surface area contributed by atoms with Gasteiger partial charge in [-0.05, 0) is 13.0 Å². The number of carboxylic acid groups (broad SMARTS) is 1. The second-order valence-corrected chi connectivity index (χ2v) is 8.57. The molecule has 2 rings (SSSR count). The highest BCUT2D eigenvalue weighted by Crippen LogP contribution is 2.25. The van der Waals surface area contributed by atoms with Gasteiger partial charge < -0.3 is 5.11 Å². The Bertz CT molecular complexity index is 732. The Labute approximate surface area is 124 Å². The molecule has 108 valence electrons. The third-order valence-electron chi connectivity index (χ3n) is 2.53. The van der Waals surface area contributed by atoms with Gasteiger partial charge in [0, 0.05) is 30.0 Å². The number of thiazole rings is 1. The van der Waals surface area contributed by atoms with Crippen LogP contribution in [-0.2, 0) is 16.6 Å². The van der Waals surface area contributed by atoms with Crippen molar-refractivity contribution in [1.82, 2.24) is 9.29 Å². The first-order valence-corrected chi connectivity index (χ1v) is 8.64. The topological polar surface area (TPSA) is 87.6 Å². The molecule has 0 aliphatic carbocycles. The second-order valence-electron chi connectivity index (χ2n) is 4.07. The first-order valence-electron chi connectivity index (χ1n) is 5.50. The normalized spacial score (nSPS) is 11.9. The fourth-order valence-corrected chi connectivity index (χ4v) is 4.94. The Hall–Kier alpha value is -1.29. The van der Waals surface area contributed by atoms with Gasteiger partial charge in [0.2, 0.25) is 0 Å². The molecular weight excluding hydrogens is 320 g/mol. The highest BCUT2D eigenvalue weighted by atomic mass is 32.2. The fraction of sp³-hybridized carbons (Fsp3) is 0.273. The smallest absolute Gasteiger partial charge is 0.336 e. The van der Waals surface area contributed by atoms with Crippen LogP contribution in [0.3, 0.4) is 0 Å². The van der Waals surface area contributed by atoms with Gasteiger partial charge in [-0.1, -0.05) is 0 Å². The van der Waals surface area contributed by atoms with E-state index in [2.05, 4.69) is 4.98 Å². The molecule has 0 fully saturated rings. The second kappa shape index (κ2) is 5.60. The predicted octanol–water partition coefficient (Wildman–Crippen LogP) is 2.03. The van der Waals surface area contributed by atoms with Crippen LogP contribution in [0.1, 0.15) is 20.2 Å². The van der Waals surface area contributed by atoms with Crippen molar-refractivity contribution in [3.8, 4) is 0 Å². The summed E-state index contributed by atoms with van der Waals surface area (Å²) in [7, 11) is -2.21. The molecule has 9 heteroatoms. The summed E-state index contributed by atoms with van der Waals surface area (Å²) >= 11 is 2.34. The monoisotopic (exact) mass is 332 g/mol. The fourth-order valence-electron chi connectivity index (χ4n) is 1.50. The van der Waals surface area contributed by atoms with E-state index in [-0.39, 0.29) is 16.3 Å². The van der Waals surface area contributed by atoms with E-state index in [1.807, 2.05) is 6.92 Å². The summed E-state index contributed by atoms with van der Waals surface area (Å²) in [6.45, 7) is 2.06. The highest BCUT2D eigenvalue weighted by Gasteiger charge is 2.24. The minimum absolute atomic E-state index is 0.0180. The molecule has 0 radical (unpaired) electrons. The number of hydrogen-bond donors (Lipinski definition) is 1. The van der Waals surface area contributed by atoms with Gasteiger partial charge in [-0.3, -0.25) is 0 Å². The van der Waals surface area contributed by atoms with E-state index in [0.717, 1.165) is 21.2 Å². The number of aromatic nitrogens is 1. The summed E-state index contributed by atoms with van der Waals surface area (Å²) in [5, 5.41) is 11.0. The zero-order valence-corrected chi connectivity index (χ0v) is 13.2. The van der Waals surface area contributed by atoms with Gasteiger partial charge >= 0.3 is 5.97 Å². The number of hydrogen-bond acceptors (Lipinski definition) is 6. The van der Waals surface area contributed by atoms with Crippen molar-refractivity contribution in [2.75, 3.05) is 7.05 Å². The number of aromatic carboxylic acids is 1. The molecule has 2 heterocycles. The van der Waals surface area contributed by atoms with Crippen LogP contribution >= 0.6 is 22.7 Å². The number of aryl methyl sites for hydroxylation is 1. The number of thiophene rings is 1. The van der Waals surface area contributed by atoms with E-state index in [9.17, 15) is 13.2 Å². The summed E-state index contributed by atoms with van der Waals surface area (Å²) in [5.41, 5.74) is -0.0180. The molecule has 0 aromatic carbocycles. The number of nitrogens with zero attached hydrogens (tertiary/aromatic N) is 2. The van der Waals surface area contributed by atoms with Crippen molar-refractivity contribution >= 4 is 38.7 Å². The molecule has 2 aromatic heterocycles. The number of carbonyl (C=O) groups is 1. The molecule has 2 aromatic rings. The summed E-state index contributed by atoms with van der Waals surface area (Å²) in [4.78, 5) is 15.7. The summed E-state index contributed by atoms with van der Waals surface area (Å²) in [6, 6.07) is 1.18. The van der Waals surface area contributed by atoms with Crippen LogP contribution in [0.4, 0.5) is 0 Å². The van der Waals surface area contributed by atoms with E-state index < -0.39 is 16.0 Å². The first kappa shape index (κ1) is 15.1. The van der Waals surface area contributed by atoms with E-state index in [0.29, 0.717) is 0 Å². The number of rotatable bonds is 5. The third-order valence-corrected chi connectivity index (χ3v) is 6.65. The van der Waals surface area contributed by atoms with E-state index in [1.165, 1.54) is 34.1 Å². The average molecular weight is 332 g/mol. The van der Waals surface area contributed by atoms with Gasteiger partial charge in [-0.25, -0.2) is 18.2 Å². The van der Waals surface area contributed by atoms with Gasteiger partial charge in [0.25, 0.3) is 10.0 Å². The van der Waals surface area contributed by atoms with Crippen molar-refractivity contribution in [3.05, 3.63) is 33.1 Å². The zero-order valence-electron chi connectivity index (χ0n) is 10.7. The summed E-state index contributed by atoms with van der Waals surface area (Å²) < 4.78 is 25.8. The summed E-state index contributed by atoms with van der Waals surface area (Å²) in [6.07, 6.45) is 1.64. The molecule has 0 bridgehead atoms. The summed E-state index contributed by atoms with van der Waals surface area (Å²) in [5.74, 6) is -1.14. The van der Waals surface area contributed by atoms with Crippen LogP contribution in [0.15, 0.2) is 21.9 Å². The standard InChI is InChI=1S/C11H12N2O4S3/c1-7-12-4-9(19-7)5-13(2)20(16,17)10-3-8(6-18-10)11(14)15/h3-4,6H,5H2,1-2H3,(H,14,15). The van der Waals surface area contributed by atoms with Crippen molar-refractivity contribution < 1.29 is 18.3 Å². The molecule has 0 spiro atoms. The van der Waals surface area contributed by atoms with Gasteiger partial charge in [0.1, 0.15) is 4.21 Å². The lowest BCUT2D eigenvalue weighted by Crippen LogP contribution is -2.25. The van der Waals surface area contributed by atoms with Crippen molar-refractivity contribution in [2.24, 2.45) is 0 Å². The van der Waals surface area contributed by atoms with E-state index in [4.69, 9.17) is 5.11 Å². The van der Waals surface area contributed by atoms with E-state index >= 15 is 0 Å². The Morgan fingerprint density at radius 2 is 2.20 bits per heavy atom. The maximum absolute atomic E-state index is 12.3. The Kier molecular flexibility index (Phi) is 4.23. The minimum Gasteiger partial charge on any atom is -0.478 e. The van der Waals surface area contributed by atoms with E-state index in [1.54, 1.807) is 6.20 Å². The lowest BCUT2D eigenvalue weighted by atomic mass is 10.4. The zero-order chi connectivity index (χ0) is 14.9. The average Bonchev–Trinajstić information content (AvgIpc) is 2.98. The molecule has 0 aliphatic heterocycles. The molecule has 1 N–H and O–H groups in total. The number of sulfonamides is 1. The third kappa shape index (κ3) is 3.06. The largest absolute Gasteiger partial charge is 0.478 e. The number of carboxylic acids is 1. The van der Waals surface area contributed by atoms with Gasteiger partial charge in [-0.2, -0.15) is 4.31 Å². The molecule has 0 amide bonds. The Morgan fingerprint density at radius 3 is 2.70 bits per heavy atom. The van der Waals surface area contributed by atoms with Crippen LogP contribution in [0.25, 0.3) is 0 Å². The molecule has 0 unspecified atom stereocenters. The minimum atomic E-state index is -3.67. The molecule has 6 nitrogen and oxygen atoms in total. The van der Waals surface area contributed by atoms with Crippen LogP contribution in [0.5, 0.6) is 0 Å². The van der Waals surface area contributed by atoms with Crippen molar-refractivity contribution in [3.63, 3.8) is 0 Å². The Morgan fingerprint density at radius 1 is 1.50 bits per heavy atom. The SMILES string of the molecule is Cc1ncc(CN(C)S(=O)(=O)c2cc(C(=O)O)cs2)s1.